The molecule has 0 saturated carbocycles. The van der Waals surface area contributed by atoms with E-state index in [1.165, 1.54) is 75.2 Å². The van der Waals surface area contributed by atoms with Crippen LogP contribution in [0.1, 0.15) is 125 Å². The van der Waals surface area contributed by atoms with Gasteiger partial charge in [-0.1, -0.05) is 89.0 Å². The van der Waals surface area contributed by atoms with E-state index in [4.69, 9.17) is 33.2 Å². The summed E-state index contributed by atoms with van der Waals surface area (Å²) in [6.07, 6.45) is 14.1. The molecule has 6 atom stereocenters. The SMILES string of the molecule is CCCCCCCCCCCCCCCC(=O)OC(COC[C@H]1O[C@@H]2OC(C)(C)O[C@@H]2[C@H]2OC(C)(C)O[C@H]21)Cn1cnc([N+](=O)[O-])n1. The first-order valence-corrected chi connectivity index (χ1v) is 17.6. The van der Waals surface area contributed by atoms with E-state index >= 15 is 0 Å². The van der Waals surface area contributed by atoms with Crippen LogP contribution in [0.15, 0.2) is 6.33 Å². The average molecular weight is 669 g/mol. The zero-order valence-electron chi connectivity index (χ0n) is 28.9. The van der Waals surface area contributed by atoms with Crippen LogP contribution in [0.5, 0.6) is 0 Å². The number of carbonyl (C=O) groups is 1. The third kappa shape index (κ3) is 12.0. The highest BCUT2D eigenvalue weighted by atomic mass is 16.9. The van der Waals surface area contributed by atoms with E-state index in [0.717, 1.165) is 19.3 Å². The number of aromatic nitrogens is 3. The van der Waals surface area contributed by atoms with Crippen molar-refractivity contribution in [2.24, 2.45) is 0 Å². The van der Waals surface area contributed by atoms with Crippen LogP contribution in [-0.2, 0) is 44.5 Å². The first kappa shape index (κ1) is 37.6. The van der Waals surface area contributed by atoms with Gasteiger partial charge in [-0.25, -0.2) is 0 Å². The van der Waals surface area contributed by atoms with Crippen molar-refractivity contribution in [1.82, 2.24) is 14.8 Å². The second kappa shape index (κ2) is 18.0. The van der Waals surface area contributed by atoms with Crippen molar-refractivity contribution >= 4 is 11.9 Å². The molecule has 1 aromatic heterocycles. The number of unbranched alkanes of at least 4 members (excludes halogenated alkanes) is 12. The molecule has 1 unspecified atom stereocenters. The Kier molecular flexibility index (Phi) is 14.4. The number of fused-ring (bicyclic) bond motifs is 3. The van der Waals surface area contributed by atoms with Gasteiger partial charge in [0.15, 0.2) is 17.9 Å². The second-order valence-corrected chi connectivity index (χ2v) is 13.9. The van der Waals surface area contributed by atoms with E-state index in [1.807, 2.05) is 27.7 Å². The van der Waals surface area contributed by atoms with Gasteiger partial charge in [0, 0.05) is 11.5 Å². The van der Waals surface area contributed by atoms with Crippen molar-refractivity contribution < 1.29 is 42.9 Å². The Morgan fingerprint density at radius 2 is 1.47 bits per heavy atom. The Bertz CT molecular complexity index is 1110. The molecular weight excluding hydrogens is 612 g/mol. The third-order valence-electron chi connectivity index (χ3n) is 8.70. The average Bonchev–Trinajstić information content (AvgIpc) is 3.69. The monoisotopic (exact) mass is 668 g/mol. The molecule has 0 N–H and O–H groups in total. The minimum atomic E-state index is -0.838. The predicted octanol–water partition coefficient (Wildman–Crippen LogP) is 5.99. The van der Waals surface area contributed by atoms with Gasteiger partial charge in [-0.3, -0.25) is 4.79 Å². The molecule has 3 aliphatic rings. The maximum Gasteiger partial charge on any atom is 0.490 e. The molecule has 14 heteroatoms. The summed E-state index contributed by atoms with van der Waals surface area (Å²) < 4.78 is 43.6. The van der Waals surface area contributed by atoms with Crippen LogP contribution in [0.25, 0.3) is 0 Å². The number of esters is 1. The summed E-state index contributed by atoms with van der Waals surface area (Å²) >= 11 is 0. The summed E-state index contributed by atoms with van der Waals surface area (Å²) in [6.45, 7) is 9.73. The highest BCUT2D eigenvalue weighted by Crippen LogP contribution is 2.44. The summed E-state index contributed by atoms with van der Waals surface area (Å²) in [5.41, 5.74) is 0. The molecule has 3 saturated heterocycles. The van der Waals surface area contributed by atoms with Gasteiger partial charge >= 0.3 is 11.9 Å². The van der Waals surface area contributed by atoms with Crippen LogP contribution >= 0.6 is 0 Å². The van der Waals surface area contributed by atoms with E-state index in [9.17, 15) is 14.9 Å². The quantitative estimate of drug-likeness (QED) is 0.0616. The normalized spacial score (nSPS) is 26.5. The molecule has 0 spiro atoms. The fraction of sp³-hybridized carbons (Fsp3) is 0.909. The molecular formula is C33H56N4O10. The van der Waals surface area contributed by atoms with E-state index < -0.39 is 59.3 Å². The second-order valence-electron chi connectivity index (χ2n) is 13.9. The van der Waals surface area contributed by atoms with Gasteiger partial charge in [0.1, 0.15) is 30.5 Å². The summed E-state index contributed by atoms with van der Waals surface area (Å²) in [7, 11) is 0. The van der Waals surface area contributed by atoms with E-state index in [-0.39, 0.29) is 32.1 Å². The van der Waals surface area contributed by atoms with Gasteiger partial charge in [0.05, 0.1) is 19.8 Å². The molecule has 1 aromatic rings. The number of hydrogen-bond donors (Lipinski definition) is 0. The largest absolute Gasteiger partial charge is 0.490 e. The Morgan fingerprint density at radius 3 is 2.09 bits per heavy atom. The Labute approximate surface area is 278 Å². The lowest BCUT2D eigenvalue weighted by Gasteiger charge is -2.37. The fourth-order valence-electron chi connectivity index (χ4n) is 6.46. The number of rotatable bonds is 22. The molecule has 47 heavy (non-hydrogen) atoms. The Hall–Kier alpha value is -2.23. The molecule has 268 valence electrons. The molecule has 0 aromatic carbocycles. The summed E-state index contributed by atoms with van der Waals surface area (Å²) in [5.74, 6) is -2.54. The van der Waals surface area contributed by atoms with Crippen molar-refractivity contribution in [2.75, 3.05) is 13.2 Å². The first-order valence-electron chi connectivity index (χ1n) is 17.6. The molecule has 3 aliphatic heterocycles. The van der Waals surface area contributed by atoms with Crippen LogP contribution < -0.4 is 0 Å². The highest BCUT2D eigenvalue weighted by Gasteiger charge is 2.60. The molecule has 14 nitrogen and oxygen atoms in total. The molecule has 0 amide bonds. The highest BCUT2D eigenvalue weighted by molar-refractivity contribution is 5.69. The number of nitrogens with zero attached hydrogens (tertiary/aromatic N) is 4. The minimum Gasteiger partial charge on any atom is -0.458 e. The number of nitro groups is 1. The van der Waals surface area contributed by atoms with Crippen LogP contribution in [0.3, 0.4) is 0 Å². The van der Waals surface area contributed by atoms with Crippen LogP contribution in [-0.4, -0.2) is 87.3 Å². The maximum atomic E-state index is 12.8. The van der Waals surface area contributed by atoms with Crippen molar-refractivity contribution in [2.45, 2.75) is 179 Å². The standard InChI is InChI=1S/C33H56N4O10/c1-6-7-8-9-10-11-12-13-14-15-16-17-18-19-26(38)42-24(20-36-23-34-31(35-36)37(39)40)21-41-22-25-27-28(45-32(2,3)44-27)29-30(43-25)47-33(4,5)46-29/h23-25,27-30H,6-22H2,1-5H3/t24?,25-,27+,28+,29-,30-/m1/s1. The Balaban J connectivity index is 1.20. The van der Waals surface area contributed by atoms with Crippen LogP contribution in [0.4, 0.5) is 5.95 Å². The lowest BCUT2D eigenvalue weighted by molar-refractivity contribution is -0.394. The van der Waals surface area contributed by atoms with Gasteiger partial charge < -0.3 is 43.3 Å². The maximum absolute atomic E-state index is 12.8. The lowest BCUT2D eigenvalue weighted by atomic mass is 9.99. The summed E-state index contributed by atoms with van der Waals surface area (Å²) in [4.78, 5) is 26.9. The predicted molar refractivity (Wildman–Crippen MR) is 170 cm³/mol. The number of carbonyl (C=O) groups excluding carboxylic acids is 1. The van der Waals surface area contributed by atoms with E-state index in [2.05, 4.69) is 17.0 Å². The van der Waals surface area contributed by atoms with Crippen LogP contribution in [0.2, 0.25) is 0 Å². The van der Waals surface area contributed by atoms with Crippen molar-refractivity contribution in [3.8, 4) is 0 Å². The van der Waals surface area contributed by atoms with E-state index in [1.54, 1.807) is 0 Å². The third-order valence-corrected chi connectivity index (χ3v) is 8.70. The molecule has 4 rings (SSSR count). The van der Waals surface area contributed by atoms with Gasteiger partial charge in [0.25, 0.3) is 0 Å². The zero-order valence-corrected chi connectivity index (χ0v) is 28.9. The van der Waals surface area contributed by atoms with Crippen LogP contribution in [0, 0.1) is 10.1 Å². The molecule has 0 radical (unpaired) electrons. The molecule has 0 aliphatic carbocycles. The molecule has 0 bridgehead atoms. The van der Waals surface area contributed by atoms with Gasteiger partial charge in [0.2, 0.25) is 6.33 Å². The molecule has 3 fully saturated rings. The molecule has 4 heterocycles. The topological polar surface area (TPSA) is 156 Å². The summed E-state index contributed by atoms with van der Waals surface area (Å²) in [6, 6.07) is 0. The summed E-state index contributed by atoms with van der Waals surface area (Å²) in [5, 5.41) is 15.0. The Morgan fingerprint density at radius 1 is 0.894 bits per heavy atom. The fourth-order valence-corrected chi connectivity index (χ4v) is 6.46. The minimum absolute atomic E-state index is 0.0104. The number of hydrogen-bond acceptors (Lipinski definition) is 12. The van der Waals surface area contributed by atoms with E-state index in [0.29, 0.717) is 0 Å². The first-order chi connectivity index (χ1) is 22.5. The van der Waals surface area contributed by atoms with Gasteiger partial charge in [-0.2, -0.15) is 4.68 Å². The van der Waals surface area contributed by atoms with Crippen molar-refractivity contribution in [3.63, 3.8) is 0 Å². The zero-order chi connectivity index (χ0) is 33.9. The van der Waals surface area contributed by atoms with Crippen molar-refractivity contribution in [1.29, 1.82) is 0 Å². The van der Waals surface area contributed by atoms with Gasteiger partial charge in [-0.15, -0.1) is 0 Å². The lowest BCUT2D eigenvalue weighted by Crippen LogP contribution is -2.56. The smallest absolute Gasteiger partial charge is 0.458 e. The number of ether oxygens (including phenoxy) is 7. The van der Waals surface area contributed by atoms with Crippen molar-refractivity contribution in [3.05, 3.63) is 16.4 Å². The van der Waals surface area contributed by atoms with Gasteiger partial charge in [-0.05, 0) is 39.0 Å².